The highest BCUT2D eigenvalue weighted by Gasteiger charge is 2.03. The van der Waals surface area contributed by atoms with Crippen molar-refractivity contribution < 1.29 is 4.52 Å². The number of halogens is 1. The molecule has 0 atom stereocenters. The quantitative estimate of drug-likeness (QED) is 0.869. The van der Waals surface area contributed by atoms with Crippen LogP contribution >= 0.6 is 11.6 Å². The van der Waals surface area contributed by atoms with Crippen LogP contribution in [0.3, 0.4) is 0 Å². The lowest BCUT2D eigenvalue weighted by Gasteiger charge is -2.03. The highest BCUT2D eigenvalue weighted by atomic mass is 35.5. The van der Waals surface area contributed by atoms with Crippen molar-refractivity contribution in [3.63, 3.8) is 0 Å². The average Bonchev–Trinajstić information content (AvgIpc) is 2.63. The molecule has 0 saturated heterocycles. The molecule has 2 aromatic heterocycles. The largest absolute Gasteiger partial charge is 0.361 e. The van der Waals surface area contributed by atoms with Crippen LogP contribution < -0.4 is 5.32 Å². The topological polar surface area (TPSA) is 51.0 Å². The van der Waals surface area contributed by atoms with Crippen LogP contribution in [0, 0.1) is 6.92 Å². The molecule has 1 N–H and O–H groups in total. The fraction of sp³-hybridized carbons (Fsp3) is 0.200. The minimum atomic E-state index is 0.525. The van der Waals surface area contributed by atoms with Crippen LogP contribution in [0.1, 0.15) is 11.5 Å². The number of anilines is 1. The zero-order chi connectivity index (χ0) is 10.7. The van der Waals surface area contributed by atoms with Crippen LogP contribution in [0.15, 0.2) is 28.9 Å². The summed E-state index contributed by atoms with van der Waals surface area (Å²) in [4.78, 5) is 4.10. The van der Waals surface area contributed by atoms with Crippen molar-refractivity contribution >= 4 is 17.4 Å². The predicted molar refractivity (Wildman–Crippen MR) is 57.8 cm³/mol. The Bertz CT molecular complexity index is 455. The number of aryl methyl sites for hydroxylation is 1. The summed E-state index contributed by atoms with van der Waals surface area (Å²) in [5, 5.41) is 7.44. The molecular formula is C10H10ClN3O. The Kier molecular flexibility index (Phi) is 2.87. The fourth-order valence-corrected chi connectivity index (χ4v) is 1.37. The van der Waals surface area contributed by atoms with Gasteiger partial charge in [-0.25, -0.2) is 4.98 Å². The Morgan fingerprint density at radius 1 is 1.53 bits per heavy atom. The summed E-state index contributed by atoms with van der Waals surface area (Å²) in [6.07, 6.45) is 1.68. The molecule has 0 radical (unpaired) electrons. The lowest BCUT2D eigenvalue weighted by molar-refractivity contribution is 0.384. The van der Waals surface area contributed by atoms with Gasteiger partial charge in [0.1, 0.15) is 5.82 Å². The Balaban J connectivity index is 2.02. The first-order valence-corrected chi connectivity index (χ1v) is 4.90. The molecule has 0 bridgehead atoms. The maximum absolute atomic E-state index is 5.92. The second kappa shape index (κ2) is 4.31. The molecule has 0 aliphatic rings. The number of nitrogens with zero attached hydrogens (tertiary/aromatic N) is 2. The molecule has 78 valence electrons. The molecule has 0 saturated carbocycles. The normalized spacial score (nSPS) is 10.3. The van der Waals surface area contributed by atoms with Gasteiger partial charge in [0, 0.05) is 12.3 Å². The van der Waals surface area contributed by atoms with Crippen molar-refractivity contribution in [1.82, 2.24) is 10.1 Å². The van der Waals surface area contributed by atoms with Crippen LogP contribution in [0.25, 0.3) is 0 Å². The summed E-state index contributed by atoms with van der Waals surface area (Å²) in [6, 6.07) is 5.43. The van der Waals surface area contributed by atoms with Gasteiger partial charge >= 0.3 is 0 Å². The SMILES string of the molecule is Cc1cc(CNc2ncccc2Cl)on1. The molecule has 2 aromatic rings. The lowest BCUT2D eigenvalue weighted by atomic mass is 10.4. The van der Waals surface area contributed by atoms with Crippen molar-refractivity contribution in [1.29, 1.82) is 0 Å². The van der Waals surface area contributed by atoms with Crippen LogP contribution in [0.4, 0.5) is 5.82 Å². The van der Waals surface area contributed by atoms with E-state index in [2.05, 4.69) is 15.5 Å². The Morgan fingerprint density at radius 3 is 3.07 bits per heavy atom. The second-order valence-electron chi connectivity index (χ2n) is 3.12. The Morgan fingerprint density at radius 2 is 2.40 bits per heavy atom. The van der Waals surface area contributed by atoms with Crippen molar-refractivity contribution in [3.05, 3.63) is 40.9 Å². The van der Waals surface area contributed by atoms with E-state index >= 15 is 0 Å². The summed E-state index contributed by atoms with van der Waals surface area (Å²) < 4.78 is 5.04. The number of nitrogens with one attached hydrogen (secondary N) is 1. The molecule has 0 unspecified atom stereocenters. The number of aromatic nitrogens is 2. The standard InChI is InChI=1S/C10H10ClN3O/c1-7-5-8(15-14-7)6-13-10-9(11)3-2-4-12-10/h2-5H,6H2,1H3,(H,12,13). The van der Waals surface area contributed by atoms with E-state index in [1.54, 1.807) is 18.3 Å². The van der Waals surface area contributed by atoms with Gasteiger partial charge in [-0.1, -0.05) is 16.8 Å². The van der Waals surface area contributed by atoms with Crippen molar-refractivity contribution in [2.45, 2.75) is 13.5 Å². The van der Waals surface area contributed by atoms with Crippen molar-refractivity contribution in [2.75, 3.05) is 5.32 Å². The Hall–Kier alpha value is -1.55. The molecule has 0 amide bonds. The highest BCUT2D eigenvalue weighted by molar-refractivity contribution is 6.32. The van der Waals surface area contributed by atoms with E-state index in [-0.39, 0.29) is 0 Å². The van der Waals surface area contributed by atoms with Gasteiger partial charge in [0.15, 0.2) is 5.76 Å². The van der Waals surface area contributed by atoms with Gasteiger partial charge in [-0.2, -0.15) is 0 Å². The maximum Gasteiger partial charge on any atom is 0.156 e. The summed E-state index contributed by atoms with van der Waals surface area (Å²) in [5.41, 5.74) is 0.860. The van der Waals surface area contributed by atoms with Gasteiger partial charge in [-0.3, -0.25) is 0 Å². The van der Waals surface area contributed by atoms with E-state index in [0.29, 0.717) is 17.4 Å². The van der Waals surface area contributed by atoms with Crippen LogP contribution in [-0.2, 0) is 6.54 Å². The zero-order valence-electron chi connectivity index (χ0n) is 8.20. The molecule has 4 nitrogen and oxygen atoms in total. The number of hydrogen-bond acceptors (Lipinski definition) is 4. The minimum Gasteiger partial charge on any atom is -0.361 e. The molecule has 2 rings (SSSR count). The van der Waals surface area contributed by atoms with Crippen molar-refractivity contribution in [3.8, 4) is 0 Å². The molecule has 0 fully saturated rings. The van der Waals surface area contributed by atoms with Gasteiger partial charge in [0.05, 0.1) is 17.3 Å². The first kappa shape index (κ1) is 9.98. The monoisotopic (exact) mass is 223 g/mol. The summed E-state index contributed by atoms with van der Waals surface area (Å²) in [6.45, 7) is 2.40. The lowest BCUT2D eigenvalue weighted by Crippen LogP contribution is -2.00. The minimum absolute atomic E-state index is 0.525. The van der Waals surface area contributed by atoms with Gasteiger partial charge in [-0.05, 0) is 19.1 Å². The predicted octanol–water partition coefficient (Wildman–Crippen LogP) is 2.64. The third-order valence-corrected chi connectivity index (χ3v) is 2.17. The number of rotatable bonds is 3. The van der Waals surface area contributed by atoms with E-state index in [1.165, 1.54) is 0 Å². The average molecular weight is 224 g/mol. The Labute approximate surface area is 92.3 Å². The first-order valence-electron chi connectivity index (χ1n) is 4.52. The van der Waals surface area contributed by atoms with Gasteiger partial charge < -0.3 is 9.84 Å². The zero-order valence-corrected chi connectivity index (χ0v) is 8.95. The van der Waals surface area contributed by atoms with Gasteiger partial charge in [0.25, 0.3) is 0 Å². The molecule has 0 aromatic carbocycles. The molecule has 0 aliphatic heterocycles. The van der Waals surface area contributed by atoms with Gasteiger partial charge in [-0.15, -0.1) is 0 Å². The number of hydrogen-bond donors (Lipinski definition) is 1. The van der Waals surface area contributed by atoms with E-state index in [9.17, 15) is 0 Å². The van der Waals surface area contributed by atoms with Crippen LogP contribution in [0.2, 0.25) is 5.02 Å². The van der Waals surface area contributed by atoms with Gasteiger partial charge in [0.2, 0.25) is 0 Å². The molecule has 15 heavy (non-hydrogen) atoms. The molecule has 0 aliphatic carbocycles. The van der Waals surface area contributed by atoms with Crippen LogP contribution in [0.5, 0.6) is 0 Å². The highest BCUT2D eigenvalue weighted by Crippen LogP contribution is 2.18. The number of pyridine rings is 1. The third-order valence-electron chi connectivity index (χ3n) is 1.87. The summed E-state index contributed by atoms with van der Waals surface area (Å²) in [5.74, 6) is 1.41. The first-order chi connectivity index (χ1) is 7.25. The van der Waals surface area contributed by atoms with E-state index in [0.717, 1.165) is 11.5 Å². The van der Waals surface area contributed by atoms with E-state index in [4.69, 9.17) is 16.1 Å². The third kappa shape index (κ3) is 2.47. The molecule has 0 spiro atoms. The van der Waals surface area contributed by atoms with Crippen LogP contribution in [-0.4, -0.2) is 10.1 Å². The molecule has 5 heteroatoms. The second-order valence-corrected chi connectivity index (χ2v) is 3.53. The molecule has 2 heterocycles. The fourth-order valence-electron chi connectivity index (χ4n) is 1.19. The summed E-state index contributed by atoms with van der Waals surface area (Å²) in [7, 11) is 0. The summed E-state index contributed by atoms with van der Waals surface area (Å²) >= 11 is 5.92. The maximum atomic E-state index is 5.92. The smallest absolute Gasteiger partial charge is 0.156 e. The van der Waals surface area contributed by atoms with Crippen molar-refractivity contribution in [2.24, 2.45) is 0 Å². The van der Waals surface area contributed by atoms with E-state index < -0.39 is 0 Å². The van der Waals surface area contributed by atoms with E-state index in [1.807, 2.05) is 13.0 Å². The molecular weight excluding hydrogens is 214 g/mol.